The SMILES string of the molecule is COc1cc(N=C(C2C(=O)OC(C)(C)OC2=O)N2CCCC2C)ccc1-c1cnco1. The van der Waals surface area contributed by atoms with Gasteiger partial charge in [0.25, 0.3) is 5.79 Å². The van der Waals surface area contributed by atoms with E-state index in [0.29, 0.717) is 35.1 Å². The van der Waals surface area contributed by atoms with Gasteiger partial charge in [-0.1, -0.05) is 0 Å². The Kier molecular flexibility index (Phi) is 5.43. The molecule has 1 aromatic carbocycles. The molecule has 2 saturated heterocycles. The summed E-state index contributed by atoms with van der Waals surface area (Å²) in [4.78, 5) is 36.2. The van der Waals surface area contributed by atoms with Gasteiger partial charge in [-0.25, -0.2) is 9.98 Å². The van der Waals surface area contributed by atoms with Crippen LogP contribution in [0.4, 0.5) is 5.69 Å². The molecule has 2 aliphatic rings. The van der Waals surface area contributed by atoms with Gasteiger partial charge in [0.2, 0.25) is 5.92 Å². The maximum Gasteiger partial charge on any atom is 0.331 e. The zero-order valence-corrected chi connectivity index (χ0v) is 18.0. The number of methoxy groups -OCH3 is 1. The minimum Gasteiger partial charge on any atom is -0.496 e. The number of hydrogen-bond donors (Lipinski definition) is 0. The van der Waals surface area contributed by atoms with Crippen LogP contribution in [0, 0.1) is 5.92 Å². The lowest BCUT2D eigenvalue weighted by atomic mass is 10.0. The maximum absolute atomic E-state index is 12.8. The Morgan fingerprint density at radius 3 is 2.58 bits per heavy atom. The van der Waals surface area contributed by atoms with Crippen molar-refractivity contribution in [3.63, 3.8) is 0 Å². The standard InChI is InChI=1S/C22H25N3O6/c1-13-6-5-9-25(13)19(18-20(26)30-22(2,3)31-21(18)27)24-14-7-8-15(16(10-14)28-4)17-11-23-12-29-17/h7-8,10-13,18H,5-6,9H2,1-4H3. The zero-order chi connectivity index (χ0) is 22.2. The summed E-state index contributed by atoms with van der Waals surface area (Å²) in [5.41, 5.74) is 1.24. The normalized spacial score (nSPS) is 21.7. The molecule has 1 aromatic heterocycles. The largest absolute Gasteiger partial charge is 0.496 e. The van der Waals surface area contributed by atoms with Crippen molar-refractivity contribution < 1.29 is 28.2 Å². The molecule has 9 heteroatoms. The molecule has 1 atom stereocenters. The lowest BCUT2D eigenvalue weighted by molar-refractivity contribution is -0.236. The number of benzene rings is 1. The summed E-state index contributed by atoms with van der Waals surface area (Å²) in [6.07, 6.45) is 4.81. The second-order valence-electron chi connectivity index (χ2n) is 8.08. The number of aromatic nitrogens is 1. The molecule has 164 valence electrons. The first-order chi connectivity index (χ1) is 14.8. The fourth-order valence-corrected chi connectivity index (χ4v) is 3.93. The Morgan fingerprint density at radius 1 is 1.26 bits per heavy atom. The van der Waals surface area contributed by atoms with Crippen molar-refractivity contribution in [3.8, 4) is 17.1 Å². The Balaban J connectivity index is 1.76. The van der Waals surface area contributed by atoms with Gasteiger partial charge >= 0.3 is 11.9 Å². The van der Waals surface area contributed by atoms with E-state index >= 15 is 0 Å². The van der Waals surface area contributed by atoms with E-state index in [0.717, 1.165) is 12.8 Å². The average molecular weight is 427 g/mol. The second-order valence-corrected chi connectivity index (χ2v) is 8.08. The van der Waals surface area contributed by atoms with Crippen molar-refractivity contribution >= 4 is 23.5 Å². The molecule has 0 spiro atoms. The van der Waals surface area contributed by atoms with E-state index in [1.807, 2.05) is 11.8 Å². The topological polar surface area (TPSA) is 103 Å². The molecule has 3 heterocycles. The van der Waals surface area contributed by atoms with Gasteiger partial charge in [-0.2, -0.15) is 0 Å². The van der Waals surface area contributed by atoms with Crippen LogP contribution in [0.2, 0.25) is 0 Å². The van der Waals surface area contributed by atoms with Crippen LogP contribution in [-0.2, 0) is 19.1 Å². The van der Waals surface area contributed by atoms with Crippen LogP contribution in [0.5, 0.6) is 5.75 Å². The molecule has 0 radical (unpaired) electrons. The van der Waals surface area contributed by atoms with Crippen LogP contribution in [-0.4, -0.2) is 53.1 Å². The van der Waals surface area contributed by atoms with E-state index in [1.165, 1.54) is 20.2 Å². The lowest BCUT2D eigenvalue weighted by Gasteiger charge is -2.36. The van der Waals surface area contributed by atoms with Gasteiger partial charge in [0.1, 0.15) is 11.6 Å². The molecule has 2 aromatic rings. The summed E-state index contributed by atoms with van der Waals surface area (Å²) in [6, 6.07) is 5.42. The first-order valence-electron chi connectivity index (χ1n) is 10.2. The Hall–Kier alpha value is -3.36. The minimum absolute atomic E-state index is 0.129. The van der Waals surface area contributed by atoms with E-state index < -0.39 is 23.6 Å². The molecule has 1 unspecified atom stereocenters. The zero-order valence-electron chi connectivity index (χ0n) is 18.0. The van der Waals surface area contributed by atoms with Crippen molar-refractivity contribution in [2.24, 2.45) is 10.9 Å². The van der Waals surface area contributed by atoms with Gasteiger partial charge in [0.05, 0.1) is 24.6 Å². The number of nitrogens with zero attached hydrogens (tertiary/aromatic N) is 3. The number of hydrogen-bond acceptors (Lipinski definition) is 8. The maximum atomic E-state index is 12.8. The Labute approximate surface area is 180 Å². The fourth-order valence-electron chi connectivity index (χ4n) is 3.93. The predicted molar refractivity (Wildman–Crippen MR) is 111 cm³/mol. The van der Waals surface area contributed by atoms with Crippen molar-refractivity contribution in [3.05, 3.63) is 30.8 Å². The third kappa shape index (κ3) is 4.12. The third-order valence-corrected chi connectivity index (χ3v) is 5.40. The molecule has 4 rings (SSSR count). The van der Waals surface area contributed by atoms with Gasteiger partial charge in [0.15, 0.2) is 12.2 Å². The lowest BCUT2D eigenvalue weighted by Crippen LogP contribution is -2.53. The summed E-state index contributed by atoms with van der Waals surface area (Å²) in [5, 5.41) is 0. The van der Waals surface area contributed by atoms with Gasteiger partial charge in [-0.3, -0.25) is 9.59 Å². The number of cyclic esters (lactones) is 2. The molecule has 0 N–H and O–H groups in total. The Morgan fingerprint density at radius 2 is 2.00 bits per heavy atom. The van der Waals surface area contributed by atoms with E-state index in [1.54, 1.807) is 31.5 Å². The van der Waals surface area contributed by atoms with Gasteiger partial charge in [-0.05, 0) is 31.9 Å². The van der Waals surface area contributed by atoms with E-state index in [4.69, 9.17) is 23.6 Å². The number of esters is 2. The van der Waals surface area contributed by atoms with Crippen LogP contribution in [0.1, 0.15) is 33.6 Å². The highest BCUT2D eigenvalue weighted by Crippen LogP contribution is 2.35. The van der Waals surface area contributed by atoms with Crippen molar-refractivity contribution in [1.82, 2.24) is 9.88 Å². The number of ether oxygens (including phenoxy) is 3. The molecule has 2 fully saturated rings. The Bertz CT molecular complexity index is 994. The predicted octanol–water partition coefficient (Wildman–Crippen LogP) is 3.32. The number of rotatable bonds is 4. The summed E-state index contributed by atoms with van der Waals surface area (Å²) < 4.78 is 21.6. The van der Waals surface area contributed by atoms with E-state index in [9.17, 15) is 9.59 Å². The molecule has 31 heavy (non-hydrogen) atoms. The van der Waals surface area contributed by atoms with Crippen LogP contribution < -0.4 is 4.74 Å². The summed E-state index contributed by atoms with van der Waals surface area (Å²) in [6.45, 7) is 5.79. The van der Waals surface area contributed by atoms with Crippen LogP contribution in [0.15, 0.2) is 40.2 Å². The number of aliphatic imine (C=N–C) groups is 1. The van der Waals surface area contributed by atoms with Gasteiger partial charge < -0.3 is 23.5 Å². The first kappa shape index (κ1) is 20.9. The number of amidine groups is 1. The average Bonchev–Trinajstić information content (AvgIpc) is 3.37. The van der Waals surface area contributed by atoms with Crippen LogP contribution >= 0.6 is 0 Å². The minimum atomic E-state index is -1.30. The first-order valence-corrected chi connectivity index (χ1v) is 10.2. The highest BCUT2D eigenvalue weighted by Gasteiger charge is 2.48. The number of likely N-dealkylation sites (tertiary alicyclic amines) is 1. The van der Waals surface area contributed by atoms with E-state index in [2.05, 4.69) is 4.98 Å². The van der Waals surface area contributed by atoms with Crippen LogP contribution in [0.3, 0.4) is 0 Å². The molecule has 2 aliphatic heterocycles. The highest BCUT2D eigenvalue weighted by atomic mass is 16.7. The van der Waals surface area contributed by atoms with E-state index in [-0.39, 0.29) is 6.04 Å². The molecule has 0 aliphatic carbocycles. The number of oxazole rings is 1. The van der Waals surface area contributed by atoms with Crippen molar-refractivity contribution in [2.75, 3.05) is 13.7 Å². The van der Waals surface area contributed by atoms with Crippen molar-refractivity contribution in [1.29, 1.82) is 0 Å². The van der Waals surface area contributed by atoms with Crippen molar-refractivity contribution in [2.45, 2.75) is 45.4 Å². The summed E-state index contributed by atoms with van der Waals surface area (Å²) in [5.74, 6) is -2.45. The third-order valence-electron chi connectivity index (χ3n) is 5.40. The van der Waals surface area contributed by atoms with Gasteiger partial charge in [0, 0.05) is 32.5 Å². The molecule has 0 bridgehead atoms. The molecular formula is C22H25N3O6. The summed E-state index contributed by atoms with van der Waals surface area (Å²) in [7, 11) is 1.55. The number of carbonyl (C=O) groups excluding carboxylic acids is 2. The molecule has 0 saturated carbocycles. The molecule has 9 nitrogen and oxygen atoms in total. The molecular weight excluding hydrogens is 402 g/mol. The quantitative estimate of drug-likeness (QED) is 0.317. The number of carbonyl (C=O) groups is 2. The molecule has 0 amide bonds. The second kappa shape index (κ2) is 8.05. The fraction of sp³-hybridized carbons (Fsp3) is 0.455. The van der Waals surface area contributed by atoms with Crippen LogP contribution in [0.25, 0.3) is 11.3 Å². The monoisotopic (exact) mass is 427 g/mol. The smallest absolute Gasteiger partial charge is 0.331 e. The highest BCUT2D eigenvalue weighted by molar-refractivity contribution is 6.17. The van der Waals surface area contributed by atoms with Gasteiger partial charge in [-0.15, -0.1) is 0 Å². The summed E-state index contributed by atoms with van der Waals surface area (Å²) >= 11 is 0.